The fraction of sp³-hybridized carbons (Fsp3) is 0.421. The van der Waals surface area contributed by atoms with Gasteiger partial charge in [0.2, 0.25) is 0 Å². The maximum Gasteiger partial charge on any atom is 0.416 e. The number of carbonyl (C=O) groups excluding carboxylic acids is 1. The number of hydrogen-bond acceptors (Lipinski definition) is 5. The Morgan fingerprint density at radius 2 is 1.93 bits per heavy atom. The second kappa shape index (κ2) is 7.41. The van der Waals surface area contributed by atoms with Gasteiger partial charge in [-0.2, -0.15) is 18.3 Å². The van der Waals surface area contributed by atoms with E-state index >= 15 is 0 Å². The maximum atomic E-state index is 13.2. The summed E-state index contributed by atoms with van der Waals surface area (Å²) in [4.78, 5) is 18.5. The van der Waals surface area contributed by atoms with Crippen LogP contribution in [0.3, 0.4) is 0 Å². The molecule has 1 atom stereocenters. The summed E-state index contributed by atoms with van der Waals surface area (Å²) < 4.78 is 44.5. The third-order valence-corrected chi connectivity index (χ3v) is 5.11. The summed E-state index contributed by atoms with van der Waals surface area (Å²) in [5.74, 6) is 0.828. The minimum absolute atomic E-state index is 0.0736. The number of alkyl halides is 3. The molecule has 0 bridgehead atoms. The largest absolute Gasteiger partial charge is 0.489 e. The first-order valence-electron chi connectivity index (χ1n) is 9.29. The van der Waals surface area contributed by atoms with Crippen molar-refractivity contribution in [2.24, 2.45) is 0 Å². The van der Waals surface area contributed by atoms with Gasteiger partial charge in [0.15, 0.2) is 5.82 Å². The second-order valence-electron chi connectivity index (χ2n) is 7.05. The molecule has 0 N–H and O–H groups in total. The summed E-state index contributed by atoms with van der Waals surface area (Å²) in [6.45, 7) is 4.12. The van der Waals surface area contributed by atoms with Gasteiger partial charge in [-0.15, -0.1) is 5.10 Å². The molecule has 0 aliphatic carbocycles. The van der Waals surface area contributed by atoms with Crippen LogP contribution in [-0.2, 0) is 6.18 Å². The zero-order valence-corrected chi connectivity index (χ0v) is 15.8. The first-order valence-corrected chi connectivity index (χ1v) is 9.29. The molecule has 4 rings (SSSR count). The zero-order chi connectivity index (χ0) is 20.6. The molecule has 2 aromatic rings. The van der Waals surface area contributed by atoms with Crippen LogP contribution in [-0.4, -0.2) is 60.0 Å². The van der Waals surface area contributed by atoms with Crippen LogP contribution in [0.15, 0.2) is 36.5 Å². The molecule has 0 radical (unpaired) electrons. The molecule has 7 nitrogen and oxygen atoms in total. The zero-order valence-electron chi connectivity index (χ0n) is 15.8. The maximum absolute atomic E-state index is 13.2. The Balaban J connectivity index is 1.51. The predicted octanol–water partition coefficient (Wildman–Crippen LogP) is 3.02. The van der Waals surface area contributed by atoms with Gasteiger partial charge in [-0.05, 0) is 37.3 Å². The molecule has 1 aromatic carbocycles. The number of hydrogen-bond donors (Lipinski definition) is 0. The Hall–Kier alpha value is -3.04. The molecule has 3 heterocycles. The summed E-state index contributed by atoms with van der Waals surface area (Å²) >= 11 is 0. The smallest absolute Gasteiger partial charge is 0.416 e. The highest BCUT2D eigenvalue weighted by molar-refractivity contribution is 5.95. The first kappa shape index (κ1) is 19.3. The monoisotopic (exact) mass is 407 g/mol. The van der Waals surface area contributed by atoms with Crippen LogP contribution < -0.4 is 14.5 Å². The van der Waals surface area contributed by atoms with E-state index in [9.17, 15) is 18.0 Å². The van der Waals surface area contributed by atoms with Crippen molar-refractivity contribution in [3.8, 4) is 5.75 Å². The molecular weight excluding hydrogens is 387 g/mol. The number of fused-ring (bicyclic) bond motifs is 1. The van der Waals surface area contributed by atoms with Crippen LogP contribution in [0, 0.1) is 0 Å². The fourth-order valence-corrected chi connectivity index (χ4v) is 3.56. The Morgan fingerprint density at radius 1 is 1.17 bits per heavy atom. The lowest BCUT2D eigenvalue weighted by Gasteiger charge is -2.41. The first-order chi connectivity index (χ1) is 13.8. The summed E-state index contributed by atoms with van der Waals surface area (Å²) in [5.41, 5.74) is -0.436. The van der Waals surface area contributed by atoms with Gasteiger partial charge in [0.25, 0.3) is 0 Å². The van der Waals surface area contributed by atoms with Crippen LogP contribution in [0.2, 0.25) is 0 Å². The average molecular weight is 407 g/mol. The number of amides is 2. The van der Waals surface area contributed by atoms with Gasteiger partial charge in [-0.3, -0.25) is 4.90 Å². The lowest BCUT2D eigenvalue weighted by Crippen LogP contribution is -2.56. The third kappa shape index (κ3) is 3.79. The molecule has 1 aromatic heterocycles. The minimum Gasteiger partial charge on any atom is -0.489 e. The molecule has 0 saturated carbocycles. The van der Waals surface area contributed by atoms with Crippen LogP contribution in [0.25, 0.3) is 0 Å². The number of aromatic nitrogens is 2. The molecule has 1 saturated heterocycles. The van der Waals surface area contributed by atoms with E-state index in [0.717, 1.165) is 18.0 Å². The Morgan fingerprint density at radius 3 is 2.59 bits per heavy atom. The Bertz CT molecular complexity index is 885. The van der Waals surface area contributed by atoms with Crippen molar-refractivity contribution in [1.29, 1.82) is 0 Å². The molecule has 1 unspecified atom stereocenters. The van der Waals surface area contributed by atoms with E-state index in [4.69, 9.17) is 4.74 Å². The van der Waals surface area contributed by atoms with Gasteiger partial charge < -0.3 is 14.5 Å². The van der Waals surface area contributed by atoms with E-state index < -0.39 is 11.7 Å². The van der Waals surface area contributed by atoms with Crippen molar-refractivity contribution in [1.82, 2.24) is 15.1 Å². The van der Waals surface area contributed by atoms with Crippen molar-refractivity contribution in [3.05, 3.63) is 42.1 Å². The highest BCUT2D eigenvalue weighted by Gasteiger charge is 2.37. The van der Waals surface area contributed by atoms with Crippen LogP contribution >= 0.6 is 0 Å². The Kier molecular flexibility index (Phi) is 4.93. The van der Waals surface area contributed by atoms with Gasteiger partial charge in [0, 0.05) is 32.4 Å². The van der Waals surface area contributed by atoms with Crippen LogP contribution in [0.1, 0.15) is 12.5 Å². The highest BCUT2D eigenvalue weighted by atomic mass is 19.4. The number of urea groups is 1. The van der Waals surface area contributed by atoms with E-state index in [1.165, 1.54) is 11.0 Å². The normalized spacial score (nSPS) is 19.6. The minimum atomic E-state index is -4.47. The van der Waals surface area contributed by atoms with Gasteiger partial charge in [-0.1, -0.05) is 0 Å². The van der Waals surface area contributed by atoms with E-state index in [1.54, 1.807) is 17.2 Å². The number of halogens is 3. The SMILES string of the molecule is CC1COc2cc(C(F)(F)F)ccc2N1C(=O)N1CCN(c2cccnn2)CC1. The van der Waals surface area contributed by atoms with Crippen molar-refractivity contribution in [2.75, 3.05) is 42.6 Å². The van der Waals surface area contributed by atoms with Crippen LogP contribution in [0.4, 0.5) is 29.5 Å². The number of nitrogens with zero attached hydrogens (tertiary/aromatic N) is 5. The third-order valence-electron chi connectivity index (χ3n) is 5.11. The van der Waals surface area contributed by atoms with Gasteiger partial charge in [-0.25, -0.2) is 4.79 Å². The van der Waals surface area contributed by atoms with Crippen molar-refractivity contribution >= 4 is 17.5 Å². The number of rotatable bonds is 1. The molecule has 0 spiro atoms. The van der Waals surface area contributed by atoms with Crippen molar-refractivity contribution in [3.63, 3.8) is 0 Å². The summed E-state index contributed by atoms with van der Waals surface area (Å²) in [7, 11) is 0. The molecule has 1 fully saturated rings. The van der Waals surface area contributed by atoms with E-state index in [0.29, 0.717) is 31.9 Å². The molecule has 2 aliphatic rings. The van der Waals surface area contributed by atoms with Crippen molar-refractivity contribution < 1.29 is 22.7 Å². The number of benzene rings is 1. The summed E-state index contributed by atoms with van der Waals surface area (Å²) in [5, 5.41) is 7.96. The average Bonchev–Trinajstić information content (AvgIpc) is 2.73. The molecule has 2 amide bonds. The van der Waals surface area contributed by atoms with Gasteiger partial charge in [0.05, 0.1) is 17.3 Å². The second-order valence-corrected chi connectivity index (χ2v) is 7.05. The topological polar surface area (TPSA) is 61.8 Å². The fourth-order valence-electron chi connectivity index (χ4n) is 3.56. The molecule has 154 valence electrons. The lowest BCUT2D eigenvalue weighted by atomic mass is 10.1. The quantitative estimate of drug-likeness (QED) is 0.727. The summed E-state index contributed by atoms with van der Waals surface area (Å²) in [6.07, 6.45) is -2.86. The molecule has 29 heavy (non-hydrogen) atoms. The number of anilines is 2. The molecule has 10 heteroatoms. The summed E-state index contributed by atoms with van der Waals surface area (Å²) in [6, 6.07) is 6.39. The van der Waals surface area contributed by atoms with Crippen molar-refractivity contribution in [2.45, 2.75) is 19.1 Å². The predicted molar refractivity (Wildman–Crippen MR) is 100 cm³/mol. The van der Waals surface area contributed by atoms with E-state index in [2.05, 4.69) is 10.2 Å². The molecule has 2 aliphatic heterocycles. The van der Waals surface area contributed by atoms with Crippen LogP contribution in [0.5, 0.6) is 5.75 Å². The number of carbonyl (C=O) groups is 1. The van der Waals surface area contributed by atoms with Gasteiger partial charge in [0.1, 0.15) is 12.4 Å². The van der Waals surface area contributed by atoms with E-state index in [-0.39, 0.29) is 24.4 Å². The van der Waals surface area contributed by atoms with Gasteiger partial charge >= 0.3 is 12.2 Å². The lowest BCUT2D eigenvalue weighted by molar-refractivity contribution is -0.137. The number of piperazine rings is 1. The Labute approximate surface area is 165 Å². The highest BCUT2D eigenvalue weighted by Crippen LogP contribution is 2.39. The number of ether oxygens (including phenoxy) is 1. The van der Waals surface area contributed by atoms with E-state index in [1.807, 2.05) is 17.9 Å². The standard InChI is InChI=1S/C19H20F3N5O2/c1-13-12-29-16-11-14(19(20,21)22)4-5-15(16)27(13)18(28)26-9-7-25(8-10-26)17-3-2-6-23-24-17/h2-6,11,13H,7-10,12H2,1H3. The molecular formula is C19H20F3N5O2.